The van der Waals surface area contributed by atoms with Gasteiger partial charge >= 0.3 is 17.9 Å². The summed E-state index contributed by atoms with van der Waals surface area (Å²) in [5, 5.41) is 76.5. The van der Waals surface area contributed by atoms with Crippen LogP contribution in [0.5, 0.6) is 11.5 Å². The molecule has 1 aromatic carbocycles. The van der Waals surface area contributed by atoms with Gasteiger partial charge in [0.05, 0.1) is 53.1 Å². The highest BCUT2D eigenvalue weighted by Crippen LogP contribution is 2.45. The molecule has 2 fully saturated rings. The van der Waals surface area contributed by atoms with Crippen LogP contribution in [0.4, 0.5) is 0 Å². The minimum absolute atomic E-state index is 0.0379. The van der Waals surface area contributed by atoms with E-state index in [1.165, 1.54) is 33.1 Å². The Balaban J connectivity index is 1.62. The summed E-state index contributed by atoms with van der Waals surface area (Å²) in [5.74, 6) is -4.88. The standard InChI is InChI=1S/C52H74Cl2O18/c1-13-30-22-26(6)33(56)18-16-15-17-31(23-66-51-45(65-12)40(59)43(29(9)67-51)69-49(64)35-32(14-2)36(53)39(58)37(54)38(35)57)48(63)68-34(28(8)55)20-19-25(5)21-27(7)42(30)71-50-41(60)44(70-47(62)24(3)4)46(61)52(10,11)72-50/h15-17,19,21-22,24,28-30,33-34,40-46,50-51,55-61H,13-14,18,20,23H2,1-12H3/b16-15+,25-19+,26-22+,27-21+,31-17+/t28?,29-,30?,33?,34?,40+,41-,42?,43-,44+,45+,46-,50+,51-/m0/s1. The Morgan fingerprint density at radius 1 is 0.903 bits per heavy atom. The first-order valence-corrected chi connectivity index (χ1v) is 24.9. The van der Waals surface area contributed by atoms with Crippen LogP contribution < -0.4 is 0 Å². The normalized spacial score (nSPS) is 34.8. The number of carbonyl (C=O) groups excluding carboxylic acids is 3. The molecule has 3 aliphatic heterocycles. The zero-order valence-electron chi connectivity index (χ0n) is 43.0. The van der Waals surface area contributed by atoms with E-state index in [2.05, 4.69) is 0 Å². The van der Waals surface area contributed by atoms with E-state index in [0.717, 1.165) is 0 Å². The summed E-state index contributed by atoms with van der Waals surface area (Å²) in [4.78, 5) is 40.1. The van der Waals surface area contributed by atoms with Crippen LogP contribution in [0.25, 0.3) is 0 Å². The molecule has 0 aromatic heterocycles. The molecular weight excluding hydrogens is 983 g/mol. The number of methoxy groups -OCH3 is 1. The van der Waals surface area contributed by atoms with Crippen molar-refractivity contribution in [3.05, 3.63) is 79.9 Å². The number of hydrogen-bond donors (Lipinski definition) is 7. The number of carbonyl (C=O) groups is 3. The molecule has 1 aromatic rings. The highest BCUT2D eigenvalue weighted by atomic mass is 35.5. The zero-order valence-corrected chi connectivity index (χ0v) is 44.5. The molecule has 72 heavy (non-hydrogen) atoms. The van der Waals surface area contributed by atoms with Crippen molar-refractivity contribution in [3.63, 3.8) is 0 Å². The minimum atomic E-state index is -1.57. The van der Waals surface area contributed by atoms with Gasteiger partial charge in [-0.15, -0.1) is 0 Å². The predicted molar refractivity (Wildman–Crippen MR) is 265 cm³/mol. The number of phenolic OH excluding ortho intramolecular Hbond substituents is 2. The molecule has 3 aliphatic rings. The van der Waals surface area contributed by atoms with Crippen LogP contribution in [0, 0.1) is 11.8 Å². The van der Waals surface area contributed by atoms with Crippen molar-refractivity contribution in [1.82, 2.24) is 0 Å². The van der Waals surface area contributed by atoms with Crippen molar-refractivity contribution in [2.24, 2.45) is 11.8 Å². The SMILES string of the molecule is CCc1c(Cl)c(O)c(Cl)c(O)c1C(=O)O[C@@H]1[C@@H](O)[C@@H](OC)[C@@H](OC/C2=C\C=C\CC(O)/C(C)=C/C(CC)C(O[C@@H]3OC(C)(C)[C@@H](O)[C@H](OC(=O)C(C)C)[C@@H]3O)/C(C)=C/C(C)=C/CC(C(C)O)OC2=O)O[C@H]1C. The van der Waals surface area contributed by atoms with Crippen LogP contribution in [0.3, 0.4) is 0 Å². The molecule has 0 radical (unpaired) electrons. The third-order valence-electron chi connectivity index (χ3n) is 13.0. The molecule has 0 aliphatic carbocycles. The third-order valence-corrected chi connectivity index (χ3v) is 13.8. The molecule has 4 rings (SSSR count). The fraction of sp³-hybridized carbons (Fsp3) is 0.635. The fourth-order valence-electron chi connectivity index (χ4n) is 8.52. The number of esters is 3. The molecular formula is C52H74Cl2O18. The number of halogens is 2. The van der Waals surface area contributed by atoms with Crippen molar-refractivity contribution in [2.75, 3.05) is 13.7 Å². The van der Waals surface area contributed by atoms with E-state index in [0.29, 0.717) is 23.1 Å². The number of aromatic hydroxyl groups is 2. The monoisotopic (exact) mass is 1060 g/mol. The van der Waals surface area contributed by atoms with Gasteiger partial charge in [0.25, 0.3) is 0 Å². The summed E-state index contributed by atoms with van der Waals surface area (Å²) in [6.07, 6.45) is -5.43. The number of benzene rings is 1. The summed E-state index contributed by atoms with van der Waals surface area (Å²) >= 11 is 12.3. The van der Waals surface area contributed by atoms with Gasteiger partial charge in [0.2, 0.25) is 0 Å². The van der Waals surface area contributed by atoms with Gasteiger partial charge < -0.3 is 73.6 Å². The van der Waals surface area contributed by atoms with Crippen LogP contribution in [0.15, 0.2) is 58.7 Å². The number of cyclic esters (lactones) is 1. The number of aliphatic hydroxyl groups is 5. The maximum Gasteiger partial charge on any atom is 0.342 e. The first-order valence-electron chi connectivity index (χ1n) is 24.2. The molecule has 0 bridgehead atoms. The maximum atomic E-state index is 14.0. The average Bonchev–Trinajstić information content (AvgIpc) is 3.32. The highest BCUT2D eigenvalue weighted by Gasteiger charge is 2.53. The van der Waals surface area contributed by atoms with Gasteiger partial charge in [-0.3, -0.25) is 4.79 Å². The molecule has 7 N–H and O–H groups in total. The first-order chi connectivity index (χ1) is 33.7. The van der Waals surface area contributed by atoms with Gasteiger partial charge in [0.1, 0.15) is 41.1 Å². The average molecular weight is 1060 g/mol. The summed E-state index contributed by atoms with van der Waals surface area (Å²) in [5.41, 5.74) is 0.283. The first kappa shape index (κ1) is 60.7. The summed E-state index contributed by atoms with van der Waals surface area (Å²) in [7, 11) is 1.26. The number of phenols is 2. The van der Waals surface area contributed by atoms with Gasteiger partial charge in [0, 0.05) is 19.4 Å². The van der Waals surface area contributed by atoms with E-state index in [-0.39, 0.29) is 35.4 Å². The van der Waals surface area contributed by atoms with Crippen molar-refractivity contribution in [1.29, 1.82) is 0 Å². The molecule has 20 heteroatoms. The van der Waals surface area contributed by atoms with Gasteiger partial charge in [-0.2, -0.15) is 0 Å². The minimum Gasteiger partial charge on any atom is -0.505 e. The van der Waals surface area contributed by atoms with E-state index in [4.69, 9.17) is 61.1 Å². The van der Waals surface area contributed by atoms with Crippen molar-refractivity contribution < 1.29 is 88.0 Å². The summed E-state index contributed by atoms with van der Waals surface area (Å²) in [6.45, 7) is 18.0. The molecule has 404 valence electrons. The summed E-state index contributed by atoms with van der Waals surface area (Å²) < 4.78 is 47.5. The van der Waals surface area contributed by atoms with Gasteiger partial charge in [-0.1, -0.05) is 86.9 Å². The number of ether oxygens (including phenoxy) is 8. The Labute approximate surface area is 431 Å². The Morgan fingerprint density at radius 2 is 1.57 bits per heavy atom. The molecule has 14 atom stereocenters. The molecule has 0 saturated carbocycles. The number of rotatable bonds is 13. The Morgan fingerprint density at radius 3 is 2.17 bits per heavy atom. The lowest BCUT2D eigenvalue weighted by Gasteiger charge is -2.47. The Bertz CT molecular complexity index is 2220. The predicted octanol–water partition coefficient (Wildman–Crippen LogP) is 6.23. The van der Waals surface area contributed by atoms with E-state index in [9.17, 15) is 50.1 Å². The smallest absolute Gasteiger partial charge is 0.342 e. The van der Waals surface area contributed by atoms with Crippen molar-refractivity contribution in [2.45, 2.75) is 187 Å². The van der Waals surface area contributed by atoms with Gasteiger partial charge in [-0.05, 0) is 90.5 Å². The van der Waals surface area contributed by atoms with Crippen LogP contribution in [0.2, 0.25) is 10.0 Å². The van der Waals surface area contributed by atoms with E-state index < -0.39 is 144 Å². The second kappa shape index (κ2) is 26.5. The molecule has 18 nitrogen and oxygen atoms in total. The van der Waals surface area contributed by atoms with Crippen LogP contribution in [-0.2, 0) is 53.9 Å². The fourth-order valence-corrected chi connectivity index (χ4v) is 9.08. The molecule has 3 heterocycles. The number of hydrogen-bond acceptors (Lipinski definition) is 18. The van der Waals surface area contributed by atoms with Gasteiger partial charge in [-0.25, -0.2) is 9.59 Å². The lowest BCUT2D eigenvalue weighted by molar-refractivity contribution is -0.333. The van der Waals surface area contributed by atoms with E-state index >= 15 is 0 Å². The quantitative estimate of drug-likeness (QED) is 0.0655. The van der Waals surface area contributed by atoms with Crippen molar-refractivity contribution in [3.8, 4) is 11.5 Å². The lowest BCUT2D eigenvalue weighted by Crippen LogP contribution is -2.64. The molecule has 2 saturated heterocycles. The van der Waals surface area contributed by atoms with Crippen LogP contribution in [-0.4, -0.2) is 153 Å². The van der Waals surface area contributed by atoms with E-state index in [1.807, 2.05) is 32.9 Å². The Kier molecular flexibility index (Phi) is 22.4. The van der Waals surface area contributed by atoms with Gasteiger partial charge in [0.15, 0.2) is 36.3 Å². The maximum absolute atomic E-state index is 14.0. The lowest BCUT2D eigenvalue weighted by atomic mass is 9.88. The number of allylic oxidation sites excluding steroid dienone is 4. The highest BCUT2D eigenvalue weighted by molar-refractivity contribution is 6.39. The molecule has 5 unspecified atom stereocenters. The van der Waals surface area contributed by atoms with Crippen LogP contribution in [0.1, 0.15) is 111 Å². The second-order valence-corrected chi connectivity index (χ2v) is 20.1. The zero-order chi connectivity index (χ0) is 54.1. The molecule has 0 spiro atoms. The van der Waals surface area contributed by atoms with E-state index in [1.54, 1.807) is 53.7 Å². The van der Waals surface area contributed by atoms with Crippen molar-refractivity contribution >= 4 is 41.1 Å². The Hall–Kier alpha value is -3.89. The second-order valence-electron chi connectivity index (χ2n) is 19.4. The number of aliphatic hydroxyl groups excluding tert-OH is 5. The summed E-state index contributed by atoms with van der Waals surface area (Å²) in [6, 6.07) is 0. The van der Waals surface area contributed by atoms with Crippen LogP contribution >= 0.6 is 23.2 Å². The third kappa shape index (κ3) is 14.7. The largest absolute Gasteiger partial charge is 0.505 e. The molecule has 0 amide bonds. The topological polar surface area (TPSA) is 267 Å².